The van der Waals surface area contributed by atoms with Crippen molar-refractivity contribution < 1.29 is 0 Å². The molecule has 0 aliphatic rings. The van der Waals surface area contributed by atoms with Gasteiger partial charge in [0.25, 0.3) is 0 Å². The first-order chi connectivity index (χ1) is 7.08. The average molecular weight is 203 g/mol. The van der Waals surface area contributed by atoms with Crippen LogP contribution in [0, 0.1) is 13.8 Å². The normalized spacial score (nSPS) is 10.6. The van der Waals surface area contributed by atoms with Crippen LogP contribution in [0.3, 0.4) is 0 Å². The third-order valence-corrected chi connectivity index (χ3v) is 2.38. The average Bonchev–Trinajstić information content (AvgIpc) is 2.46. The molecule has 2 N–H and O–H groups in total. The van der Waals surface area contributed by atoms with E-state index in [1.165, 1.54) is 0 Å². The quantitative estimate of drug-likeness (QED) is 0.752. The van der Waals surface area contributed by atoms with Gasteiger partial charge in [-0.15, -0.1) is 0 Å². The molecule has 0 unspecified atom stereocenters. The zero-order valence-electron chi connectivity index (χ0n) is 9.02. The molecule has 2 aromatic heterocycles. The summed E-state index contributed by atoms with van der Waals surface area (Å²) in [5, 5.41) is 4.17. The van der Waals surface area contributed by atoms with Crippen LogP contribution in [-0.2, 0) is 7.05 Å². The van der Waals surface area contributed by atoms with E-state index in [1.807, 2.05) is 31.6 Å². The van der Waals surface area contributed by atoms with E-state index in [9.17, 15) is 0 Å². The molecule has 5 heteroatoms. The predicted octanol–water partition coefficient (Wildman–Crippen LogP) is 1.08. The fourth-order valence-electron chi connectivity index (χ4n) is 1.48. The summed E-state index contributed by atoms with van der Waals surface area (Å²) in [5.74, 6) is 0.299. The van der Waals surface area contributed by atoms with Gasteiger partial charge in [0.1, 0.15) is 0 Å². The van der Waals surface area contributed by atoms with Crippen molar-refractivity contribution in [2.45, 2.75) is 13.8 Å². The van der Waals surface area contributed by atoms with Gasteiger partial charge in [0.2, 0.25) is 5.95 Å². The molecule has 5 nitrogen and oxygen atoms in total. The Balaban J connectivity index is 2.58. The minimum atomic E-state index is 0.299. The third kappa shape index (κ3) is 1.68. The molecule has 0 spiro atoms. The van der Waals surface area contributed by atoms with Crippen molar-refractivity contribution in [2.75, 3.05) is 5.73 Å². The lowest BCUT2D eigenvalue weighted by molar-refractivity contribution is 0.740. The van der Waals surface area contributed by atoms with E-state index in [2.05, 4.69) is 15.1 Å². The summed E-state index contributed by atoms with van der Waals surface area (Å²) in [5.41, 5.74) is 9.35. The topological polar surface area (TPSA) is 69.6 Å². The minimum absolute atomic E-state index is 0.299. The first-order valence-electron chi connectivity index (χ1n) is 4.68. The van der Waals surface area contributed by atoms with Gasteiger partial charge in [-0.2, -0.15) is 5.10 Å². The van der Waals surface area contributed by atoms with E-state index in [0.29, 0.717) is 5.95 Å². The molecule has 2 heterocycles. The van der Waals surface area contributed by atoms with Gasteiger partial charge in [0, 0.05) is 24.0 Å². The summed E-state index contributed by atoms with van der Waals surface area (Å²) >= 11 is 0. The number of hydrogen-bond acceptors (Lipinski definition) is 4. The molecule has 0 aromatic carbocycles. The highest BCUT2D eigenvalue weighted by Crippen LogP contribution is 2.21. The van der Waals surface area contributed by atoms with Crippen molar-refractivity contribution in [2.24, 2.45) is 7.05 Å². The number of aromatic nitrogens is 4. The fraction of sp³-hybridized carbons (Fsp3) is 0.300. The van der Waals surface area contributed by atoms with Gasteiger partial charge < -0.3 is 5.73 Å². The molecule has 2 aromatic rings. The number of hydrogen-bond donors (Lipinski definition) is 1. The number of rotatable bonds is 1. The molecule has 0 fully saturated rings. The SMILES string of the molecule is Cc1cc(-c2cnn(C)c2C)nc(N)n1. The zero-order chi connectivity index (χ0) is 11.0. The third-order valence-electron chi connectivity index (χ3n) is 2.38. The lowest BCUT2D eigenvalue weighted by Gasteiger charge is -2.02. The second-order valence-electron chi connectivity index (χ2n) is 3.52. The Bertz CT molecular complexity index is 480. The molecule has 0 bridgehead atoms. The van der Waals surface area contributed by atoms with Crippen LogP contribution < -0.4 is 5.73 Å². The number of nitrogen functional groups attached to an aromatic ring is 1. The molecule has 0 aliphatic heterocycles. The summed E-state index contributed by atoms with van der Waals surface area (Å²) in [4.78, 5) is 8.23. The second-order valence-corrected chi connectivity index (χ2v) is 3.52. The van der Waals surface area contributed by atoms with Crippen LogP contribution in [0.1, 0.15) is 11.4 Å². The fourth-order valence-corrected chi connectivity index (χ4v) is 1.48. The highest BCUT2D eigenvalue weighted by molar-refractivity contribution is 5.62. The van der Waals surface area contributed by atoms with Crippen molar-refractivity contribution >= 4 is 5.95 Å². The molecular weight excluding hydrogens is 190 g/mol. The zero-order valence-corrected chi connectivity index (χ0v) is 9.02. The molecule has 0 saturated heterocycles. The van der Waals surface area contributed by atoms with Crippen LogP contribution in [-0.4, -0.2) is 19.7 Å². The maximum Gasteiger partial charge on any atom is 0.220 e. The van der Waals surface area contributed by atoms with Gasteiger partial charge in [-0.3, -0.25) is 4.68 Å². The first kappa shape index (κ1) is 9.64. The van der Waals surface area contributed by atoms with Gasteiger partial charge >= 0.3 is 0 Å². The highest BCUT2D eigenvalue weighted by atomic mass is 15.3. The Morgan fingerprint density at radius 1 is 1.27 bits per heavy atom. The Labute approximate surface area is 88.0 Å². The maximum atomic E-state index is 5.60. The molecule has 78 valence electrons. The number of nitrogens with two attached hydrogens (primary N) is 1. The number of anilines is 1. The molecule has 2 rings (SSSR count). The molecule has 0 aliphatic carbocycles. The summed E-state index contributed by atoms with van der Waals surface area (Å²) in [7, 11) is 1.90. The lowest BCUT2D eigenvalue weighted by Crippen LogP contribution is -1.99. The largest absolute Gasteiger partial charge is 0.368 e. The summed E-state index contributed by atoms with van der Waals surface area (Å²) in [6, 6.07) is 1.90. The van der Waals surface area contributed by atoms with Gasteiger partial charge in [0.15, 0.2) is 0 Å². The van der Waals surface area contributed by atoms with Gasteiger partial charge in [-0.1, -0.05) is 0 Å². The van der Waals surface area contributed by atoms with E-state index in [-0.39, 0.29) is 0 Å². The summed E-state index contributed by atoms with van der Waals surface area (Å²) < 4.78 is 1.81. The molecule has 0 radical (unpaired) electrons. The lowest BCUT2D eigenvalue weighted by atomic mass is 10.2. The molecule has 0 amide bonds. The molecule has 0 saturated carbocycles. The Morgan fingerprint density at radius 3 is 2.53 bits per heavy atom. The molecular formula is C10H13N5. The van der Waals surface area contributed by atoms with Crippen molar-refractivity contribution in [3.8, 4) is 11.3 Å². The predicted molar refractivity (Wildman–Crippen MR) is 58.1 cm³/mol. The van der Waals surface area contributed by atoms with E-state index in [0.717, 1.165) is 22.6 Å². The van der Waals surface area contributed by atoms with Crippen LogP contribution in [0.15, 0.2) is 12.3 Å². The van der Waals surface area contributed by atoms with Crippen LogP contribution in [0.2, 0.25) is 0 Å². The van der Waals surface area contributed by atoms with E-state index >= 15 is 0 Å². The standard InChI is InChI=1S/C10H13N5/c1-6-4-9(14-10(11)13-6)8-5-12-15(3)7(8)2/h4-5H,1-3H3,(H2,11,13,14). The van der Waals surface area contributed by atoms with Crippen LogP contribution in [0.5, 0.6) is 0 Å². The van der Waals surface area contributed by atoms with Crippen molar-refractivity contribution in [1.82, 2.24) is 19.7 Å². The van der Waals surface area contributed by atoms with Gasteiger partial charge in [-0.05, 0) is 19.9 Å². The Kier molecular flexibility index (Phi) is 2.15. The van der Waals surface area contributed by atoms with Crippen LogP contribution in [0.4, 0.5) is 5.95 Å². The van der Waals surface area contributed by atoms with Crippen molar-refractivity contribution in [1.29, 1.82) is 0 Å². The van der Waals surface area contributed by atoms with Gasteiger partial charge in [-0.25, -0.2) is 9.97 Å². The second kappa shape index (κ2) is 3.34. The molecule has 0 atom stereocenters. The Morgan fingerprint density at radius 2 is 2.00 bits per heavy atom. The number of aryl methyl sites for hydroxylation is 2. The maximum absolute atomic E-state index is 5.60. The Hall–Kier alpha value is -1.91. The molecule has 15 heavy (non-hydrogen) atoms. The summed E-state index contributed by atoms with van der Waals surface area (Å²) in [6.07, 6.45) is 1.79. The van der Waals surface area contributed by atoms with E-state index in [1.54, 1.807) is 6.20 Å². The smallest absolute Gasteiger partial charge is 0.220 e. The monoisotopic (exact) mass is 203 g/mol. The van der Waals surface area contributed by atoms with Crippen LogP contribution in [0.25, 0.3) is 11.3 Å². The highest BCUT2D eigenvalue weighted by Gasteiger charge is 2.09. The van der Waals surface area contributed by atoms with Crippen molar-refractivity contribution in [3.63, 3.8) is 0 Å². The minimum Gasteiger partial charge on any atom is -0.368 e. The first-order valence-corrected chi connectivity index (χ1v) is 4.68. The van der Waals surface area contributed by atoms with E-state index in [4.69, 9.17) is 5.73 Å². The van der Waals surface area contributed by atoms with Crippen LogP contribution >= 0.6 is 0 Å². The van der Waals surface area contributed by atoms with Gasteiger partial charge in [0.05, 0.1) is 11.9 Å². The summed E-state index contributed by atoms with van der Waals surface area (Å²) in [6.45, 7) is 3.89. The van der Waals surface area contributed by atoms with Crippen molar-refractivity contribution in [3.05, 3.63) is 23.7 Å². The van der Waals surface area contributed by atoms with E-state index < -0.39 is 0 Å². The number of nitrogens with zero attached hydrogens (tertiary/aromatic N) is 4.